The molecule has 0 radical (unpaired) electrons. The van der Waals surface area contributed by atoms with Crippen molar-refractivity contribution >= 4 is 5.57 Å². The minimum Gasteiger partial charge on any atom is -0.490 e. The second kappa shape index (κ2) is 6.60. The van der Waals surface area contributed by atoms with E-state index in [1.54, 1.807) is 0 Å². The second-order valence-electron chi connectivity index (χ2n) is 4.87. The van der Waals surface area contributed by atoms with Gasteiger partial charge in [0.2, 0.25) is 0 Å². The average Bonchev–Trinajstić information content (AvgIpc) is 3.19. The number of nitrogens with one attached hydrogen (secondary N) is 1. The van der Waals surface area contributed by atoms with E-state index in [9.17, 15) is 0 Å². The minimum absolute atomic E-state index is 0.479. The van der Waals surface area contributed by atoms with Gasteiger partial charge in [0.15, 0.2) is 0 Å². The fourth-order valence-electron chi connectivity index (χ4n) is 1.86. The van der Waals surface area contributed by atoms with Crippen molar-refractivity contribution in [2.75, 3.05) is 13.1 Å². The highest BCUT2D eigenvalue weighted by Crippen LogP contribution is 2.27. The van der Waals surface area contributed by atoms with Gasteiger partial charge in [0.25, 0.3) is 0 Å². The fraction of sp³-hybridized carbons (Fsp3) is 0.500. The van der Waals surface area contributed by atoms with Crippen molar-refractivity contribution in [1.29, 1.82) is 0 Å². The van der Waals surface area contributed by atoms with E-state index in [-0.39, 0.29) is 0 Å². The van der Waals surface area contributed by atoms with Gasteiger partial charge in [0.1, 0.15) is 5.75 Å². The van der Waals surface area contributed by atoms with Gasteiger partial charge in [0.05, 0.1) is 6.10 Å². The van der Waals surface area contributed by atoms with E-state index >= 15 is 0 Å². The molecule has 18 heavy (non-hydrogen) atoms. The Morgan fingerprint density at radius 3 is 2.67 bits per heavy atom. The van der Waals surface area contributed by atoms with Gasteiger partial charge >= 0.3 is 0 Å². The van der Waals surface area contributed by atoms with E-state index in [2.05, 4.69) is 49.5 Å². The monoisotopic (exact) mass is 245 g/mol. The van der Waals surface area contributed by atoms with Crippen LogP contribution >= 0.6 is 0 Å². The van der Waals surface area contributed by atoms with E-state index in [0.29, 0.717) is 6.10 Å². The van der Waals surface area contributed by atoms with Gasteiger partial charge in [0, 0.05) is 0 Å². The summed E-state index contributed by atoms with van der Waals surface area (Å²) in [4.78, 5) is 0. The quantitative estimate of drug-likeness (QED) is 0.741. The summed E-state index contributed by atoms with van der Waals surface area (Å²) in [7, 11) is 0. The molecule has 98 valence electrons. The number of allylic oxidation sites excluding steroid dienone is 1. The molecule has 0 amide bonds. The highest BCUT2D eigenvalue weighted by Gasteiger charge is 2.23. The molecule has 0 unspecified atom stereocenters. The Balaban J connectivity index is 1.86. The van der Waals surface area contributed by atoms with E-state index in [1.807, 2.05) is 0 Å². The topological polar surface area (TPSA) is 21.3 Å². The number of rotatable bonds is 7. The first-order valence-electron chi connectivity index (χ1n) is 6.94. The third-order valence-electron chi connectivity index (χ3n) is 3.16. The zero-order chi connectivity index (χ0) is 12.8. The Labute approximate surface area is 110 Å². The lowest BCUT2D eigenvalue weighted by atomic mass is 10.1. The Bertz CT molecular complexity index is 390. The van der Waals surface area contributed by atoms with Gasteiger partial charge in [-0.2, -0.15) is 0 Å². The van der Waals surface area contributed by atoms with Crippen LogP contribution in [0.15, 0.2) is 30.3 Å². The van der Waals surface area contributed by atoms with E-state index < -0.39 is 0 Å². The maximum Gasteiger partial charge on any atom is 0.119 e. The zero-order valence-corrected chi connectivity index (χ0v) is 11.4. The molecule has 1 aliphatic rings. The molecular weight excluding hydrogens is 222 g/mol. The number of hydrogen-bond donors (Lipinski definition) is 1. The van der Waals surface area contributed by atoms with Gasteiger partial charge in [-0.05, 0) is 62.5 Å². The summed E-state index contributed by atoms with van der Waals surface area (Å²) in [5, 5.41) is 3.33. The highest BCUT2D eigenvalue weighted by atomic mass is 16.5. The number of ether oxygens (including phenoxy) is 1. The maximum absolute atomic E-state index is 5.74. The lowest BCUT2D eigenvalue weighted by Crippen LogP contribution is -2.13. The van der Waals surface area contributed by atoms with E-state index in [0.717, 1.165) is 25.3 Å². The molecule has 1 aromatic rings. The van der Waals surface area contributed by atoms with Crippen molar-refractivity contribution in [3.8, 4) is 5.75 Å². The van der Waals surface area contributed by atoms with Gasteiger partial charge < -0.3 is 10.1 Å². The Morgan fingerprint density at radius 1 is 1.33 bits per heavy atom. The molecule has 0 bridgehead atoms. The third-order valence-corrected chi connectivity index (χ3v) is 3.16. The Kier molecular flexibility index (Phi) is 4.82. The summed E-state index contributed by atoms with van der Waals surface area (Å²) in [6.45, 7) is 6.40. The molecule has 1 aromatic carbocycles. The van der Waals surface area contributed by atoms with Crippen LogP contribution in [0.5, 0.6) is 5.75 Å². The molecule has 1 N–H and O–H groups in total. The van der Waals surface area contributed by atoms with Crippen LogP contribution in [0.1, 0.15) is 38.7 Å². The first kappa shape index (κ1) is 13.2. The summed E-state index contributed by atoms with van der Waals surface area (Å²) < 4.78 is 5.74. The van der Waals surface area contributed by atoms with Crippen LogP contribution in [0.2, 0.25) is 0 Å². The molecule has 2 rings (SSSR count). The molecule has 0 heterocycles. The fourth-order valence-corrected chi connectivity index (χ4v) is 1.86. The first-order chi connectivity index (χ1) is 8.79. The molecular formula is C16H23NO. The second-order valence-corrected chi connectivity index (χ2v) is 4.87. The molecule has 2 heteroatoms. The minimum atomic E-state index is 0.479. The van der Waals surface area contributed by atoms with Gasteiger partial charge in [-0.3, -0.25) is 0 Å². The third kappa shape index (κ3) is 4.19. The SMILES string of the molecule is CCNCC/C=C(/C)c1ccc(OC2CC2)cc1. The maximum atomic E-state index is 5.74. The average molecular weight is 245 g/mol. The molecule has 0 spiro atoms. The van der Waals surface area contributed by atoms with Gasteiger partial charge in [-0.15, -0.1) is 0 Å². The summed E-state index contributed by atoms with van der Waals surface area (Å²) in [5.41, 5.74) is 2.63. The summed E-state index contributed by atoms with van der Waals surface area (Å²) in [5.74, 6) is 1.00. The van der Waals surface area contributed by atoms with Crippen LogP contribution in [-0.2, 0) is 0 Å². The Hall–Kier alpha value is -1.28. The molecule has 2 nitrogen and oxygen atoms in total. The standard InChI is InChI=1S/C16H23NO/c1-3-17-12-4-5-13(2)14-6-8-15(9-7-14)18-16-10-11-16/h5-9,16-17H,3-4,10-12H2,1-2H3/b13-5-. The molecule has 0 atom stereocenters. The lowest BCUT2D eigenvalue weighted by molar-refractivity contribution is 0.303. The largest absolute Gasteiger partial charge is 0.490 e. The van der Waals surface area contributed by atoms with Crippen LogP contribution in [0, 0.1) is 0 Å². The van der Waals surface area contributed by atoms with Gasteiger partial charge in [-0.1, -0.05) is 25.1 Å². The first-order valence-corrected chi connectivity index (χ1v) is 6.94. The van der Waals surface area contributed by atoms with Crippen molar-refractivity contribution < 1.29 is 4.74 Å². The predicted octanol–water partition coefficient (Wildman–Crippen LogP) is 3.63. The predicted molar refractivity (Wildman–Crippen MR) is 76.9 cm³/mol. The van der Waals surface area contributed by atoms with Crippen LogP contribution in [0.25, 0.3) is 5.57 Å². The van der Waals surface area contributed by atoms with Crippen molar-refractivity contribution in [3.05, 3.63) is 35.9 Å². The molecule has 1 fully saturated rings. The molecule has 1 aliphatic carbocycles. The van der Waals surface area contributed by atoms with Crippen LogP contribution in [0.3, 0.4) is 0 Å². The summed E-state index contributed by atoms with van der Waals surface area (Å²) in [6.07, 6.45) is 6.28. The molecule has 0 aromatic heterocycles. The number of hydrogen-bond acceptors (Lipinski definition) is 2. The molecule has 0 saturated heterocycles. The molecule has 0 aliphatic heterocycles. The highest BCUT2D eigenvalue weighted by molar-refractivity contribution is 5.64. The van der Waals surface area contributed by atoms with E-state index in [1.165, 1.54) is 24.0 Å². The van der Waals surface area contributed by atoms with Crippen molar-refractivity contribution in [3.63, 3.8) is 0 Å². The lowest BCUT2D eigenvalue weighted by Gasteiger charge is -2.06. The van der Waals surface area contributed by atoms with Crippen LogP contribution in [-0.4, -0.2) is 19.2 Å². The zero-order valence-electron chi connectivity index (χ0n) is 11.4. The van der Waals surface area contributed by atoms with Crippen molar-refractivity contribution in [2.45, 2.75) is 39.2 Å². The van der Waals surface area contributed by atoms with E-state index in [4.69, 9.17) is 4.74 Å². The Morgan fingerprint density at radius 2 is 2.06 bits per heavy atom. The van der Waals surface area contributed by atoms with Crippen molar-refractivity contribution in [1.82, 2.24) is 5.32 Å². The smallest absolute Gasteiger partial charge is 0.119 e. The summed E-state index contributed by atoms with van der Waals surface area (Å²) in [6, 6.07) is 8.46. The van der Waals surface area contributed by atoms with Gasteiger partial charge in [-0.25, -0.2) is 0 Å². The van der Waals surface area contributed by atoms with Crippen LogP contribution in [0.4, 0.5) is 0 Å². The summed E-state index contributed by atoms with van der Waals surface area (Å²) >= 11 is 0. The van der Waals surface area contributed by atoms with Crippen LogP contribution < -0.4 is 10.1 Å². The normalized spacial score (nSPS) is 15.8. The molecule has 1 saturated carbocycles. The number of benzene rings is 1. The van der Waals surface area contributed by atoms with Crippen molar-refractivity contribution in [2.24, 2.45) is 0 Å².